The molecule has 40 heavy (non-hydrogen) atoms. The van der Waals surface area contributed by atoms with Crippen molar-refractivity contribution in [3.05, 3.63) is 71.9 Å². The van der Waals surface area contributed by atoms with Gasteiger partial charge in [-0.2, -0.15) is 13.2 Å². The number of fused-ring (bicyclic) bond motifs is 1. The fourth-order valence-electron chi connectivity index (χ4n) is 3.96. The number of carbonyl (C=O) groups is 3. The number of hydrogen-bond donors (Lipinski definition) is 5. The standard InChI is InChI=1S/C27H32F3N7O3/c28-27(29,30)19-7-5-17(6-8-19)13-23(26(40)35-20-14-18-3-1-2-4-22(18)34-15-20)36-25(39)21(33)9-10-24(38)37(16-32)12-11-31/h1-8,14-15,21,23H,9-13,16,31-33H2,(H,35,40)(H,36,39)/t21-,23-/m0/s1. The molecule has 0 radical (unpaired) electrons. The highest BCUT2D eigenvalue weighted by atomic mass is 19.4. The van der Waals surface area contributed by atoms with Crippen LogP contribution in [0.1, 0.15) is 24.0 Å². The molecule has 13 heteroatoms. The topological polar surface area (TPSA) is 169 Å². The van der Waals surface area contributed by atoms with Crippen LogP contribution in [-0.2, 0) is 27.0 Å². The molecule has 3 rings (SSSR count). The number of rotatable bonds is 12. The fraction of sp³-hybridized carbons (Fsp3) is 0.333. The van der Waals surface area contributed by atoms with Crippen LogP contribution in [0, 0.1) is 0 Å². The Morgan fingerprint density at radius 3 is 2.35 bits per heavy atom. The summed E-state index contributed by atoms with van der Waals surface area (Å²) in [6.45, 7) is 0.454. The normalized spacial score (nSPS) is 12.9. The van der Waals surface area contributed by atoms with Crippen LogP contribution in [0.5, 0.6) is 0 Å². The van der Waals surface area contributed by atoms with Crippen LogP contribution in [-0.4, -0.2) is 59.4 Å². The van der Waals surface area contributed by atoms with Gasteiger partial charge in [0.15, 0.2) is 0 Å². The molecule has 0 aliphatic carbocycles. The molecule has 0 bridgehead atoms. The van der Waals surface area contributed by atoms with Crippen molar-refractivity contribution in [2.75, 3.05) is 25.1 Å². The number of alkyl halides is 3. The predicted octanol–water partition coefficient (Wildman–Crippen LogP) is 1.73. The molecule has 2 atom stereocenters. The molecule has 0 unspecified atom stereocenters. The number of hydrogen-bond acceptors (Lipinski definition) is 7. The van der Waals surface area contributed by atoms with Crippen molar-refractivity contribution in [2.45, 2.75) is 37.5 Å². The van der Waals surface area contributed by atoms with E-state index in [0.29, 0.717) is 11.3 Å². The van der Waals surface area contributed by atoms with Gasteiger partial charge in [-0.05, 0) is 36.2 Å². The van der Waals surface area contributed by atoms with Crippen molar-refractivity contribution in [1.82, 2.24) is 15.2 Å². The van der Waals surface area contributed by atoms with Gasteiger partial charge in [-0.15, -0.1) is 0 Å². The van der Waals surface area contributed by atoms with E-state index in [9.17, 15) is 27.6 Å². The number of pyridine rings is 1. The maximum absolute atomic E-state index is 13.2. The van der Waals surface area contributed by atoms with Gasteiger partial charge in [0.05, 0.1) is 35.7 Å². The second-order valence-electron chi connectivity index (χ2n) is 9.14. The van der Waals surface area contributed by atoms with Gasteiger partial charge in [0.2, 0.25) is 17.7 Å². The van der Waals surface area contributed by atoms with E-state index in [4.69, 9.17) is 17.2 Å². The summed E-state index contributed by atoms with van der Waals surface area (Å²) in [5, 5.41) is 6.04. The smallest absolute Gasteiger partial charge is 0.343 e. The number of anilines is 1. The zero-order valence-corrected chi connectivity index (χ0v) is 21.7. The van der Waals surface area contributed by atoms with Gasteiger partial charge in [-0.25, -0.2) is 0 Å². The number of nitrogens with zero attached hydrogens (tertiary/aromatic N) is 2. The van der Waals surface area contributed by atoms with Gasteiger partial charge in [0, 0.05) is 31.3 Å². The van der Waals surface area contributed by atoms with Crippen molar-refractivity contribution >= 4 is 34.3 Å². The van der Waals surface area contributed by atoms with Crippen LogP contribution in [0.2, 0.25) is 0 Å². The summed E-state index contributed by atoms with van der Waals surface area (Å²) in [5.41, 5.74) is 17.7. The molecule has 214 valence electrons. The zero-order chi connectivity index (χ0) is 29.3. The molecule has 2 aromatic carbocycles. The van der Waals surface area contributed by atoms with Crippen LogP contribution in [0.15, 0.2) is 60.8 Å². The van der Waals surface area contributed by atoms with Crippen LogP contribution in [0.4, 0.5) is 18.9 Å². The largest absolute Gasteiger partial charge is 0.416 e. The van der Waals surface area contributed by atoms with E-state index < -0.39 is 35.6 Å². The van der Waals surface area contributed by atoms with E-state index in [0.717, 1.165) is 23.0 Å². The van der Waals surface area contributed by atoms with Crippen LogP contribution in [0.3, 0.4) is 0 Å². The first-order valence-corrected chi connectivity index (χ1v) is 12.6. The van der Waals surface area contributed by atoms with Gasteiger partial charge in [-0.1, -0.05) is 30.3 Å². The van der Waals surface area contributed by atoms with Crippen LogP contribution < -0.4 is 27.8 Å². The Kier molecular flexibility index (Phi) is 10.5. The van der Waals surface area contributed by atoms with Crippen molar-refractivity contribution in [3.63, 3.8) is 0 Å². The molecule has 0 fully saturated rings. The average molecular weight is 560 g/mol. The maximum Gasteiger partial charge on any atom is 0.416 e. The third-order valence-corrected chi connectivity index (χ3v) is 6.19. The molecule has 3 amide bonds. The Hall–Kier alpha value is -4.07. The molecular formula is C27H32F3N7O3. The first-order valence-electron chi connectivity index (χ1n) is 12.6. The summed E-state index contributed by atoms with van der Waals surface area (Å²) >= 11 is 0. The van der Waals surface area contributed by atoms with Crippen LogP contribution >= 0.6 is 0 Å². The molecule has 8 N–H and O–H groups in total. The lowest BCUT2D eigenvalue weighted by Gasteiger charge is -2.22. The number of para-hydroxylation sites is 1. The Labute approximate surface area is 229 Å². The fourth-order valence-corrected chi connectivity index (χ4v) is 3.96. The molecule has 0 saturated heterocycles. The highest BCUT2D eigenvalue weighted by Gasteiger charge is 2.30. The number of amides is 3. The molecular weight excluding hydrogens is 527 g/mol. The first-order chi connectivity index (χ1) is 19.0. The average Bonchev–Trinajstić information content (AvgIpc) is 2.93. The molecule has 0 spiro atoms. The highest BCUT2D eigenvalue weighted by Crippen LogP contribution is 2.29. The Bertz CT molecular complexity index is 1320. The van der Waals surface area contributed by atoms with E-state index in [1.54, 1.807) is 6.07 Å². The summed E-state index contributed by atoms with van der Waals surface area (Å²) in [4.78, 5) is 44.1. The second-order valence-corrected chi connectivity index (χ2v) is 9.14. The second kappa shape index (κ2) is 13.8. The van der Waals surface area contributed by atoms with Gasteiger partial charge >= 0.3 is 6.18 Å². The molecule has 0 aliphatic rings. The minimum atomic E-state index is -4.51. The molecule has 1 heterocycles. The molecule has 0 aliphatic heterocycles. The molecule has 10 nitrogen and oxygen atoms in total. The number of carbonyl (C=O) groups excluding carboxylic acids is 3. The lowest BCUT2D eigenvalue weighted by Crippen LogP contribution is -2.51. The number of nitrogens with two attached hydrogens (primary N) is 3. The number of benzene rings is 2. The van der Waals surface area contributed by atoms with Crippen LogP contribution in [0.25, 0.3) is 10.9 Å². The summed E-state index contributed by atoms with van der Waals surface area (Å²) in [6.07, 6.45) is -3.25. The van der Waals surface area contributed by atoms with Crippen molar-refractivity contribution in [1.29, 1.82) is 0 Å². The summed E-state index contributed by atoms with van der Waals surface area (Å²) in [7, 11) is 0. The van der Waals surface area contributed by atoms with Gasteiger partial charge in [0.1, 0.15) is 6.04 Å². The van der Waals surface area contributed by atoms with Crippen molar-refractivity contribution in [3.8, 4) is 0 Å². The summed E-state index contributed by atoms with van der Waals surface area (Å²) < 4.78 is 39.0. The highest BCUT2D eigenvalue weighted by molar-refractivity contribution is 5.99. The van der Waals surface area contributed by atoms with Crippen molar-refractivity contribution in [2.24, 2.45) is 17.2 Å². The number of halogens is 3. The SMILES string of the molecule is NCCN(CN)C(=O)CC[C@H](N)C(=O)N[C@@H](Cc1ccc(C(F)(F)F)cc1)C(=O)Nc1cnc2ccccc2c1. The Morgan fingerprint density at radius 2 is 1.70 bits per heavy atom. The zero-order valence-electron chi connectivity index (χ0n) is 21.7. The van der Waals surface area contributed by atoms with Gasteiger partial charge < -0.3 is 32.7 Å². The Morgan fingerprint density at radius 1 is 1.00 bits per heavy atom. The monoisotopic (exact) mass is 559 g/mol. The van der Waals surface area contributed by atoms with Gasteiger partial charge in [0.25, 0.3) is 0 Å². The minimum Gasteiger partial charge on any atom is -0.343 e. The van der Waals surface area contributed by atoms with Crippen molar-refractivity contribution < 1.29 is 27.6 Å². The number of nitrogens with one attached hydrogen (secondary N) is 2. The maximum atomic E-state index is 13.2. The molecule has 3 aromatic rings. The summed E-state index contributed by atoms with van der Waals surface area (Å²) in [6, 6.07) is 10.9. The third-order valence-electron chi connectivity index (χ3n) is 6.19. The predicted molar refractivity (Wildman–Crippen MR) is 144 cm³/mol. The van der Waals surface area contributed by atoms with Gasteiger partial charge in [-0.3, -0.25) is 19.4 Å². The molecule has 0 saturated carbocycles. The molecule has 1 aromatic heterocycles. The van der Waals surface area contributed by atoms with E-state index in [1.165, 1.54) is 23.2 Å². The lowest BCUT2D eigenvalue weighted by atomic mass is 10.0. The van der Waals surface area contributed by atoms with E-state index in [1.807, 2.05) is 24.3 Å². The van der Waals surface area contributed by atoms with E-state index in [2.05, 4.69) is 15.6 Å². The quantitative estimate of drug-likeness (QED) is 0.211. The third kappa shape index (κ3) is 8.46. The Balaban J connectivity index is 1.74. The van der Waals surface area contributed by atoms with E-state index in [-0.39, 0.29) is 44.9 Å². The van der Waals surface area contributed by atoms with E-state index >= 15 is 0 Å². The number of aromatic nitrogens is 1. The summed E-state index contributed by atoms with van der Waals surface area (Å²) in [5.74, 6) is -1.64. The first kappa shape index (κ1) is 30.5. The lowest BCUT2D eigenvalue weighted by molar-refractivity contribution is -0.137. The minimum absolute atomic E-state index is 0.0189.